The van der Waals surface area contributed by atoms with E-state index in [1.165, 1.54) is 5.56 Å². The van der Waals surface area contributed by atoms with Crippen LogP contribution in [0.5, 0.6) is 0 Å². The number of hydrogen-bond donors (Lipinski definition) is 1. The summed E-state index contributed by atoms with van der Waals surface area (Å²) >= 11 is 0. The Kier molecular flexibility index (Phi) is 4.85. The molecule has 0 aromatic carbocycles. The van der Waals surface area contributed by atoms with E-state index in [2.05, 4.69) is 25.8 Å². The van der Waals surface area contributed by atoms with Gasteiger partial charge in [-0.3, -0.25) is 4.90 Å². The monoisotopic (exact) mass is 210 g/mol. The van der Waals surface area contributed by atoms with Crippen molar-refractivity contribution in [2.75, 3.05) is 13.6 Å². The Bertz CT molecular complexity index is 259. The molecule has 0 aliphatic carbocycles. The van der Waals surface area contributed by atoms with Crippen molar-refractivity contribution in [3.8, 4) is 0 Å². The van der Waals surface area contributed by atoms with Crippen LogP contribution in [-0.2, 0) is 6.54 Å². The normalized spacial score (nSPS) is 15.5. The van der Waals surface area contributed by atoms with Crippen LogP contribution < -0.4 is 5.73 Å². The highest BCUT2D eigenvalue weighted by Crippen LogP contribution is 2.15. The second-order valence-electron chi connectivity index (χ2n) is 4.24. The van der Waals surface area contributed by atoms with E-state index in [4.69, 9.17) is 10.2 Å². The Balaban J connectivity index is 2.53. The van der Waals surface area contributed by atoms with Crippen LogP contribution in [0.2, 0.25) is 0 Å². The minimum absolute atomic E-state index is 0.449. The van der Waals surface area contributed by atoms with Gasteiger partial charge in [-0.1, -0.05) is 20.3 Å². The van der Waals surface area contributed by atoms with Crippen LogP contribution in [0.1, 0.15) is 25.8 Å². The molecular formula is C12H22N2O. The number of nitrogens with two attached hydrogens (primary N) is 1. The predicted molar refractivity (Wildman–Crippen MR) is 62.5 cm³/mol. The molecule has 0 amide bonds. The highest BCUT2D eigenvalue weighted by atomic mass is 16.3. The lowest BCUT2D eigenvalue weighted by atomic mass is 9.98. The summed E-state index contributed by atoms with van der Waals surface area (Å²) in [7, 11) is 2.12. The highest BCUT2D eigenvalue weighted by molar-refractivity contribution is 5.05. The highest BCUT2D eigenvalue weighted by Gasteiger charge is 2.19. The van der Waals surface area contributed by atoms with Gasteiger partial charge in [-0.2, -0.15) is 0 Å². The zero-order valence-electron chi connectivity index (χ0n) is 9.94. The molecule has 0 bridgehead atoms. The fourth-order valence-electron chi connectivity index (χ4n) is 1.91. The number of hydrogen-bond acceptors (Lipinski definition) is 3. The maximum Gasteiger partial charge on any atom is 0.0947 e. The van der Waals surface area contributed by atoms with E-state index < -0.39 is 0 Å². The number of rotatable bonds is 6. The minimum atomic E-state index is 0.449. The van der Waals surface area contributed by atoms with Crippen molar-refractivity contribution in [2.45, 2.75) is 32.9 Å². The molecule has 0 saturated carbocycles. The molecule has 2 N–H and O–H groups in total. The molecule has 15 heavy (non-hydrogen) atoms. The van der Waals surface area contributed by atoms with Gasteiger partial charge in [0.2, 0.25) is 0 Å². The first-order valence-corrected chi connectivity index (χ1v) is 5.60. The molecule has 86 valence electrons. The van der Waals surface area contributed by atoms with Crippen molar-refractivity contribution in [3.05, 3.63) is 24.2 Å². The molecule has 0 spiro atoms. The van der Waals surface area contributed by atoms with Gasteiger partial charge in [0.1, 0.15) is 0 Å². The third-order valence-corrected chi connectivity index (χ3v) is 3.12. The Hall–Kier alpha value is -0.800. The summed E-state index contributed by atoms with van der Waals surface area (Å²) in [4.78, 5) is 2.30. The van der Waals surface area contributed by atoms with Gasteiger partial charge in [-0.05, 0) is 19.0 Å². The SMILES string of the molecule is CCC(C)C(CN)N(C)Cc1ccoc1. The van der Waals surface area contributed by atoms with Crippen molar-refractivity contribution in [1.82, 2.24) is 4.90 Å². The number of likely N-dealkylation sites (N-methyl/N-ethyl adjacent to an activating group) is 1. The maximum absolute atomic E-state index is 5.81. The zero-order chi connectivity index (χ0) is 11.3. The van der Waals surface area contributed by atoms with Gasteiger partial charge in [0.15, 0.2) is 0 Å². The number of furan rings is 1. The van der Waals surface area contributed by atoms with E-state index in [1.54, 1.807) is 12.5 Å². The van der Waals surface area contributed by atoms with Gasteiger partial charge in [0, 0.05) is 24.7 Å². The molecule has 0 aliphatic heterocycles. The van der Waals surface area contributed by atoms with E-state index in [-0.39, 0.29) is 0 Å². The van der Waals surface area contributed by atoms with E-state index in [0.29, 0.717) is 18.5 Å². The molecule has 1 aromatic heterocycles. The van der Waals surface area contributed by atoms with Gasteiger partial charge in [-0.15, -0.1) is 0 Å². The fourth-order valence-corrected chi connectivity index (χ4v) is 1.91. The molecule has 2 atom stereocenters. The Morgan fingerprint density at radius 1 is 1.53 bits per heavy atom. The largest absolute Gasteiger partial charge is 0.472 e. The second-order valence-corrected chi connectivity index (χ2v) is 4.24. The molecule has 2 unspecified atom stereocenters. The van der Waals surface area contributed by atoms with Crippen molar-refractivity contribution in [1.29, 1.82) is 0 Å². The first-order chi connectivity index (χ1) is 7.19. The van der Waals surface area contributed by atoms with Crippen LogP contribution in [0.15, 0.2) is 23.0 Å². The average Bonchev–Trinajstić information content (AvgIpc) is 2.71. The molecule has 1 heterocycles. The Morgan fingerprint density at radius 3 is 2.73 bits per heavy atom. The lowest BCUT2D eigenvalue weighted by Gasteiger charge is -2.31. The summed E-state index contributed by atoms with van der Waals surface area (Å²) in [6, 6.07) is 2.45. The first kappa shape index (κ1) is 12.3. The molecule has 3 heteroatoms. The van der Waals surface area contributed by atoms with Crippen LogP contribution in [0, 0.1) is 5.92 Å². The summed E-state index contributed by atoms with van der Waals surface area (Å²) in [5.74, 6) is 0.631. The van der Waals surface area contributed by atoms with Crippen LogP contribution in [0.25, 0.3) is 0 Å². The molecule has 1 rings (SSSR count). The fraction of sp³-hybridized carbons (Fsp3) is 0.667. The third kappa shape index (κ3) is 3.36. The van der Waals surface area contributed by atoms with Gasteiger partial charge in [0.25, 0.3) is 0 Å². The lowest BCUT2D eigenvalue weighted by molar-refractivity contribution is 0.178. The molecule has 0 aliphatic rings. The van der Waals surface area contributed by atoms with Crippen LogP contribution in [0.4, 0.5) is 0 Å². The predicted octanol–water partition coefficient (Wildman–Crippen LogP) is 2.08. The van der Waals surface area contributed by atoms with E-state index in [0.717, 1.165) is 13.0 Å². The Morgan fingerprint density at radius 2 is 2.27 bits per heavy atom. The summed E-state index contributed by atoms with van der Waals surface area (Å²) in [6.45, 7) is 6.08. The summed E-state index contributed by atoms with van der Waals surface area (Å²) in [5, 5.41) is 0. The molecule has 0 fully saturated rings. The minimum Gasteiger partial charge on any atom is -0.472 e. The van der Waals surface area contributed by atoms with Crippen molar-refractivity contribution in [3.63, 3.8) is 0 Å². The summed E-state index contributed by atoms with van der Waals surface area (Å²) < 4.78 is 5.06. The van der Waals surface area contributed by atoms with E-state index >= 15 is 0 Å². The maximum atomic E-state index is 5.81. The quantitative estimate of drug-likeness (QED) is 0.781. The third-order valence-electron chi connectivity index (χ3n) is 3.12. The molecule has 3 nitrogen and oxygen atoms in total. The Labute approximate surface area is 92.2 Å². The zero-order valence-corrected chi connectivity index (χ0v) is 9.94. The average molecular weight is 210 g/mol. The van der Waals surface area contributed by atoms with Crippen LogP contribution in [0.3, 0.4) is 0 Å². The van der Waals surface area contributed by atoms with E-state index in [9.17, 15) is 0 Å². The number of nitrogens with zero attached hydrogens (tertiary/aromatic N) is 1. The standard InChI is InChI=1S/C12H22N2O/c1-4-10(2)12(7-13)14(3)8-11-5-6-15-9-11/h5-6,9-10,12H,4,7-8,13H2,1-3H3. The summed E-state index contributed by atoms with van der Waals surface area (Å²) in [5.41, 5.74) is 7.02. The first-order valence-electron chi connectivity index (χ1n) is 5.60. The van der Waals surface area contributed by atoms with Crippen molar-refractivity contribution < 1.29 is 4.42 Å². The molecule has 1 aromatic rings. The lowest BCUT2D eigenvalue weighted by Crippen LogP contribution is -2.41. The topological polar surface area (TPSA) is 42.4 Å². The van der Waals surface area contributed by atoms with Crippen LogP contribution in [-0.4, -0.2) is 24.5 Å². The van der Waals surface area contributed by atoms with Gasteiger partial charge >= 0.3 is 0 Å². The van der Waals surface area contributed by atoms with Gasteiger partial charge < -0.3 is 10.2 Å². The molecular weight excluding hydrogens is 188 g/mol. The molecule has 0 saturated heterocycles. The molecule has 0 radical (unpaired) electrons. The van der Waals surface area contributed by atoms with Gasteiger partial charge in [-0.25, -0.2) is 0 Å². The smallest absolute Gasteiger partial charge is 0.0947 e. The van der Waals surface area contributed by atoms with Crippen LogP contribution >= 0.6 is 0 Å². The summed E-state index contributed by atoms with van der Waals surface area (Å²) in [6.07, 6.45) is 4.67. The van der Waals surface area contributed by atoms with Crippen molar-refractivity contribution in [2.24, 2.45) is 11.7 Å². The van der Waals surface area contributed by atoms with Crippen molar-refractivity contribution >= 4 is 0 Å². The van der Waals surface area contributed by atoms with Gasteiger partial charge in [0.05, 0.1) is 12.5 Å². The van der Waals surface area contributed by atoms with E-state index in [1.807, 2.05) is 6.07 Å². The second kappa shape index (κ2) is 5.93.